The summed E-state index contributed by atoms with van der Waals surface area (Å²) in [6.45, 7) is 12.7. The molecule has 0 aromatic rings. The van der Waals surface area contributed by atoms with E-state index < -0.39 is 6.17 Å². The number of halogens is 1. The largest absolute Gasteiger partial charge is 0.381 e. The van der Waals surface area contributed by atoms with Crippen molar-refractivity contribution in [3.8, 4) is 0 Å². The first-order valence-corrected chi connectivity index (χ1v) is 7.97. The number of aldehydes is 1. The van der Waals surface area contributed by atoms with Crippen LogP contribution in [0.25, 0.3) is 0 Å². The summed E-state index contributed by atoms with van der Waals surface area (Å²) in [5.74, 6) is 0.906. The van der Waals surface area contributed by atoms with Crippen LogP contribution in [0.1, 0.15) is 73.6 Å². The zero-order valence-electron chi connectivity index (χ0n) is 14.5. The SMILES string of the molecule is CC.CCC(F)C=O.COC1CCC(C(C)(C)C)CC1. The first-order chi connectivity index (χ1) is 9.35. The molecule has 0 aliphatic heterocycles. The van der Waals surface area contributed by atoms with E-state index in [-0.39, 0.29) is 0 Å². The van der Waals surface area contributed by atoms with Gasteiger partial charge in [0.1, 0.15) is 0 Å². The number of alkyl halides is 1. The molecule has 0 spiro atoms. The molecular weight excluding hydrogens is 255 g/mol. The maximum absolute atomic E-state index is 11.5. The molecule has 3 heteroatoms. The van der Waals surface area contributed by atoms with Crippen LogP contribution in [0.4, 0.5) is 4.39 Å². The van der Waals surface area contributed by atoms with Gasteiger partial charge in [0.05, 0.1) is 6.10 Å². The average molecular weight is 290 g/mol. The van der Waals surface area contributed by atoms with E-state index in [2.05, 4.69) is 20.8 Å². The first kappa shape index (κ1) is 21.9. The number of methoxy groups -OCH3 is 1. The fourth-order valence-corrected chi connectivity index (χ4v) is 2.26. The maximum atomic E-state index is 11.5. The van der Waals surface area contributed by atoms with Gasteiger partial charge in [-0.25, -0.2) is 4.39 Å². The lowest BCUT2D eigenvalue weighted by molar-refractivity contribution is -0.112. The molecule has 1 aliphatic rings. The third-order valence-corrected chi connectivity index (χ3v) is 3.77. The van der Waals surface area contributed by atoms with Gasteiger partial charge in [0.15, 0.2) is 12.5 Å². The van der Waals surface area contributed by atoms with Crippen molar-refractivity contribution in [3.63, 3.8) is 0 Å². The standard InChI is InChI=1S/C11H22O.C4H7FO.C2H6/c1-11(2,3)9-5-7-10(12-4)8-6-9;1-2-4(5)3-6;1-2/h9-10H,5-8H2,1-4H3;3-4H,2H2,1H3;1-2H3. The minimum absolute atomic E-state index is 0.295. The van der Waals surface area contributed by atoms with Crippen LogP contribution in [0.15, 0.2) is 0 Å². The summed E-state index contributed by atoms with van der Waals surface area (Å²) in [6.07, 6.45) is 5.12. The van der Waals surface area contributed by atoms with Gasteiger partial charge in [-0.15, -0.1) is 0 Å². The topological polar surface area (TPSA) is 26.3 Å². The highest BCUT2D eigenvalue weighted by Crippen LogP contribution is 2.38. The van der Waals surface area contributed by atoms with Gasteiger partial charge < -0.3 is 9.53 Å². The molecule has 0 heterocycles. The molecule has 1 aliphatic carbocycles. The Hall–Kier alpha value is -0.440. The normalized spacial score (nSPS) is 23.6. The molecule has 0 N–H and O–H groups in total. The predicted molar refractivity (Wildman–Crippen MR) is 84.8 cm³/mol. The van der Waals surface area contributed by atoms with Crippen molar-refractivity contribution in [2.45, 2.75) is 85.9 Å². The molecule has 0 aromatic heterocycles. The average Bonchev–Trinajstić information content (AvgIpc) is 2.48. The van der Waals surface area contributed by atoms with Crippen molar-refractivity contribution < 1.29 is 13.9 Å². The van der Waals surface area contributed by atoms with E-state index in [1.807, 2.05) is 21.0 Å². The van der Waals surface area contributed by atoms with Crippen molar-refractivity contribution in [1.29, 1.82) is 0 Å². The Morgan fingerprint density at radius 2 is 1.65 bits per heavy atom. The maximum Gasteiger partial charge on any atom is 0.155 e. The van der Waals surface area contributed by atoms with Crippen LogP contribution in [0.5, 0.6) is 0 Å². The number of carbonyl (C=O) groups is 1. The Kier molecular flexibility index (Phi) is 13.5. The van der Waals surface area contributed by atoms with Crippen molar-refractivity contribution in [2.24, 2.45) is 11.3 Å². The van der Waals surface area contributed by atoms with E-state index in [0.29, 0.717) is 24.2 Å². The van der Waals surface area contributed by atoms with Gasteiger partial charge in [-0.3, -0.25) is 0 Å². The van der Waals surface area contributed by atoms with E-state index in [1.165, 1.54) is 25.7 Å². The summed E-state index contributed by atoms with van der Waals surface area (Å²) in [5.41, 5.74) is 0.499. The lowest BCUT2D eigenvalue weighted by atomic mass is 9.72. The van der Waals surface area contributed by atoms with Crippen molar-refractivity contribution in [2.75, 3.05) is 7.11 Å². The van der Waals surface area contributed by atoms with Gasteiger partial charge >= 0.3 is 0 Å². The third-order valence-electron chi connectivity index (χ3n) is 3.77. The number of rotatable bonds is 3. The van der Waals surface area contributed by atoms with Gasteiger partial charge in [0.2, 0.25) is 0 Å². The second kappa shape index (κ2) is 12.3. The van der Waals surface area contributed by atoms with E-state index in [9.17, 15) is 9.18 Å². The number of ether oxygens (including phenoxy) is 1. The van der Waals surface area contributed by atoms with Crippen LogP contribution in [0.2, 0.25) is 0 Å². The van der Waals surface area contributed by atoms with E-state index in [1.54, 1.807) is 6.92 Å². The van der Waals surface area contributed by atoms with Crippen LogP contribution in [0.3, 0.4) is 0 Å². The van der Waals surface area contributed by atoms with Crippen LogP contribution in [0, 0.1) is 11.3 Å². The lowest BCUT2D eigenvalue weighted by Gasteiger charge is -2.36. The summed E-state index contributed by atoms with van der Waals surface area (Å²) in [6, 6.07) is 0. The Bertz CT molecular complexity index is 216. The fraction of sp³-hybridized carbons (Fsp3) is 0.941. The van der Waals surface area contributed by atoms with Crippen molar-refractivity contribution >= 4 is 6.29 Å². The lowest BCUT2D eigenvalue weighted by Crippen LogP contribution is -2.28. The number of hydrogen-bond donors (Lipinski definition) is 0. The molecule has 0 radical (unpaired) electrons. The molecule has 0 amide bonds. The van der Waals surface area contributed by atoms with Crippen LogP contribution < -0.4 is 0 Å². The monoisotopic (exact) mass is 290 g/mol. The molecule has 0 bridgehead atoms. The molecule has 20 heavy (non-hydrogen) atoms. The first-order valence-electron chi connectivity index (χ1n) is 7.97. The second-order valence-electron chi connectivity index (χ2n) is 6.14. The Balaban J connectivity index is 0. The van der Waals surface area contributed by atoms with E-state index in [4.69, 9.17) is 4.74 Å². The van der Waals surface area contributed by atoms with Gasteiger partial charge in [-0.05, 0) is 43.4 Å². The molecule has 0 aromatic carbocycles. The highest BCUT2D eigenvalue weighted by atomic mass is 19.1. The number of carbonyl (C=O) groups excluding carboxylic acids is 1. The molecule has 1 saturated carbocycles. The smallest absolute Gasteiger partial charge is 0.155 e. The minimum Gasteiger partial charge on any atom is -0.381 e. The Labute approximate surface area is 125 Å². The number of hydrogen-bond acceptors (Lipinski definition) is 2. The van der Waals surface area contributed by atoms with Gasteiger partial charge in [0, 0.05) is 7.11 Å². The molecule has 1 fully saturated rings. The predicted octanol–water partition coefficient (Wildman–Crippen LogP) is 5.20. The van der Waals surface area contributed by atoms with Crippen LogP contribution in [-0.4, -0.2) is 25.7 Å². The zero-order chi connectivity index (χ0) is 16.2. The summed E-state index contributed by atoms with van der Waals surface area (Å²) < 4.78 is 16.8. The molecule has 1 atom stereocenters. The molecule has 2 nitrogen and oxygen atoms in total. The fourth-order valence-electron chi connectivity index (χ4n) is 2.26. The van der Waals surface area contributed by atoms with Crippen molar-refractivity contribution in [1.82, 2.24) is 0 Å². The molecule has 122 valence electrons. The minimum atomic E-state index is -1.25. The highest BCUT2D eigenvalue weighted by molar-refractivity contribution is 5.55. The van der Waals surface area contributed by atoms with Crippen LogP contribution >= 0.6 is 0 Å². The van der Waals surface area contributed by atoms with Crippen molar-refractivity contribution in [3.05, 3.63) is 0 Å². The van der Waals surface area contributed by atoms with Gasteiger partial charge in [0.25, 0.3) is 0 Å². The van der Waals surface area contributed by atoms with Gasteiger partial charge in [-0.1, -0.05) is 41.5 Å². The Morgan fingerprint density at radius 3 is 1.85 bits per heavy atom. The van der Waals surface area contributed by atoms with E-state index in [0.717, 1.165) is 5.92 Å². The zero-order valence-corrected chi connectivity index (χ0v) is 14.5. The van der Waals surface area contributed by atoms with E-state index >= 15 is 0 Å². The summed E-state index contributed by atoms with van der Waals surface area (Å²) in [7, 11) is 1.84. The molecule has 1 unspecified atom stereocenters. The van der Waals surface area contributed by atoms with Crippen LogP contribution in [-0.2, 0) is 9.53 Å². The summed E-state index contributed by atoms with van der Waals surface area (Å²) in [5, 5.41) is 0. The third kappa shape index (κ3) is 10.4. The molecular formula is C17H35FO2. The Morgan fingerprint density at radius 1 is 1.20 bits per heavy atom. The molecule has 1 rings (SSSR count). The summed E-state index contributed by atoms with van der Waals surface area (Å²) in [4.78, 5) is 9.36. The van der Waals surface area contributed by atoms with Gasteiger partial charge in [-0.2, -0.15) is 0 Å². The second-order valence-corrected chi connectivity index (χ2v) is 6.14. The highest BCUT2D eigenvalue weighted by Gasteiger charge is 2.29. The summed E-state index contributed by atoms with van der Waals surface area (Å²) >= 11 is 0. The quantitative estimate of drug-likeness (QED) is 0.668. The molecule has 0 saturated heterocycles.